The summed E-state index contributed by atoms with van der Waals surface area (Å²) in [5.74, 6) is 0.434. The number of aliphatic hydroxyl groups excluding tert-OH is 1. The van der Waals surface area contributed by atoms with E-state index in [-0.39, 0.29) is 12.6 Å². The first-order valence-electron chi connectivity index (χ1n) is 4.43. The summed E-state index contributed by atoms with van der Waals surface area (Å²) in [6.45, 7) is 2.59. The van der Waals surface area contributed by atoms with Gasteiger partial charge < -0.3 is 20.1 Å². The highest BCUT2D eigenvalue weighted by Crippen LogP contribution is 2.15. The zero-order chi connectivity index (χ0) is 9.68. The van der Waals surface area contributed by atoms with Crippen LogP contribution in [0, 0.1) is 5.92 Å². The molecule has 5 nitrogen and oxygen atoms in total. The van der Waals surface area contributed by atoms with Gasteiger partial charge in [0.25, 0.3) is 0 Å². The van der Waals surface area contributed by atoms with E-state index in [1.807, 2.05) is 0 Å². The Balaban J connectivity index is 2.01. The van der Waals surface area contributed by atoms with Crippen molar-refractivity contribution < 1.29 is 14.6 Å². The van der Waals surface area contributed by atoms with Gasteiger partial charge in [-0.15, -0.1) is 0 Å². The molecule has 5 heteroatoms. The summed E-state index contributed by atoms with van der Waals surface area (Å²) in [5.41, 5.74) is 0. The third kappa shape index (κ3) is 2.86. The van der Waals surface area contributed by atoms with Crippen molar-refractivity contribution in [2.24, 2.45) is 5.92 Å². The Hall–Kier alpha value is -0.810. The predicted molar refractivity (Wildman–Crippen MR) is 47.4 cm³/mol. The molecule has 1 heterocycles. The lowest BCUT2D eigenvalue weighted by Gasteiger charge is -2.38. The van der Waals surface area contributed by atoms with E-state index in [1.54, 1.807) is 11.9 Å². The number of likely N-dealkylation sites (tertiary alicyclic amines) is 1. The fraction of sp³-hybridized carbons (Fsp3) is 0.875. The molecule has 1 rings (SSSR count). The zero-order valence-corrected chi connectivity index (χ0v) is 7.82. The zero-order valence-electron chi connectivity index (χ0n) is 7.82. The maximum atomic E-state index is 11.0. The van der Waals surface area contributed by atoms with Crippen molar-refractivity contribution in [3.8, 4) is 0 Å². The monoisotopic (exact) mass is 188 g/mol. The van der Waals surface area contributed by atoms with Gasteiger partial charge in [-0.25, -0.2) is 4.79 Å². The van der Waals surface area contributed by atoms with Crippen LogP contribution in [0.1, 0.15) is 0 Å². The summed E-state index contributed by atoms with van der Waals surface area (Å²) >= 11 is 0. The minimum Gasteiger partial charge on any atom is -0.394 e. The van der Waals surface area contributed by atoms with Gasteiger partial charge in [-0.3, -0.25) is 0 Å². The Labute approximate surface area is 77.7 Å². The van der Waals surface area contributed by atoms with Gasteiger partial charge >= 0.3 is 6.03 Å². The van der Waals surface area contributed by atoms with Crippen LogP contribution in [0.5, 0.6) is 0 Å². The first-order chi connectivity index (χ1) is 6.27. The van der Waals surface area contributed by atoms with E-state index in [4.69, 9.17) is 9.84 Å². The van der Waals surface area contributed by atoms with E-state index in [0.717, 1.165) is 13.1 Å². The number of ether oxygens (including phenoxy) is 1. The van der Waals surface area contributed by atoms with Crippen LogP contribution in [-0.2, 0) is 4.74 Å². The minimum absolute atomic E-state index is 0.0293. The molecule has 0 aliphatic carbocycles. The molecule has 2 amide bonds. The lowest BCUT2D eigenvalue weighted by atomic mass is 10.0. The number of hydrogen-bond donors (Lipinski definition) is 2. The van der Waals surface area contributed by atoms with Crippen LogP contribution < -0.4 is 5.32 Å². The van der Waals surface area contributed by atoms with Gasteiger partial charge in [0.15, 0.2) is 0 Å². The van der Waals surface area contributed by atoms with Gasteiger partial charge in [-0.2, -0.15) is 0 Å². The van der Waals surface area contributed by atoms with Gasteiger partial charge in [0.05, 0.1) is 19.8 Å². The summed E-state index contributed by atoms with van der Waals surface area (Å²) in [4.78, 5) is 12.7. The molecule has 1 aliphatic rings. The maximum absolute atomic E-state index is 11.0. The molecule has 0 bridgehead atoms. The molecule has 2 N–H and O–H groups in total. The highest BCUT2D eigenvalue weighted by Gasteiger charge is 2.29. The standard InChI is InChI=1S/C8H16N2O3/c1-9-8(12)10-4-7(5-10)6-13-3-2-11/h7,11H,2-6H2,1H3,(H,9,12). The largest absolute Gasteiger partial charge is 0.394 e. The number of nitrogens with one attached hydrogen (secondary N) is 1. The van der Waals surface area contributed by atoms with Crippen molar-refractivity contribution in [2.75, 3.05) is 40.0 Å². The topological polar surface area (TPSA) is 61.8 Å². The van der Waals surface area contributed by atoms with E-state index in [9.17, 15) is 4.79 Å². The fourth-order valence-corrected chi connectivity index (χ4v) is 1.31. The van der Waals surface area contributed by atoms with Crippen LogP contribution in [0.4, 0.5) is 4.79 Å². The number of carbonyl (C=O) groups excluding carboxylic acids is 1. The van der Waals surface area contributed by atoms with Gasteiger partial charge in [0, 0.05) is 26.1 Å². The second-order valence-electron chi connectivity index (χ2n) is 3.12. The number of aliphatic hydroxyl groups is 1. The van der Waals surface area contributed by atoms with E-state index in [0.29, 0.717) is 19.1 Å². The summed E-state index contributed by atoms with van der Waals surface area (Å²) in [7, 11) is 1.62. The van der Waals surface area contributed by atoms with Gasteiger partial charge in [0.2, 0.25) is 0 Å². The van der Waals surface area contributed by atoms with Crippen LogP contribution in [0.2, 0.25) is 0 Å². The summed E-state index contributed by atoms with van der Waals surface area (Å²) in [6.07, 6.45) is 0. The summed E-state index contributed by atoms with van der Waals surface area (Å²) < 4.78 is 5.14. The Morgan fingerprint density at radius 1 is 1.69 bits per heavy atom. The number of rotatable bonds is 4. The quantitative estimate of drug-likeness (QED) is 0.572. The third-order valence-corrected chi connectivity index (χ3v) is 2.05. The molecule has 1 fully saturated rings. The second-order valence-corrected chi connectivity index (χ2v) is 3.12. The Kier molecular flexibility index (Phi) is 3.98. The first kappa shape index (κ1) is 10.3. The molecule has 0 atom stereocenters. The molecule has 0 aromatic rings. The molecule has 1 aliphatic heterocycles. The molecule has 0 spiro atoms. The van der Waals surface area contributed by atoms with Crippen LogP contribution in [0.15, 0.2) is 0 Å². The molecule has 13 heavy (non-hydrogen) atoms. The Morgan fingerprint density at radius 2 is 2.38 bits per heavy atom. The van der Waals surface area contributed by atoms with E-state index < -0.39 is 0 Å². The highest BCUT2D eigenvalue weighted by atomic mass is 16.5. The number of amides is 2. The normalized spacial score (nSPS) is 16.9. The molecule has 76 valence electrons. The van der Waals surface area contributed by atoms with E-state index in [1.165, 1.54) is 0 Å². The highest BCUT2D eigenvalue weighted by molar-refractivity contribution is 5.74. The fourth-order valence-electron chi connectivity index (χ4n) is 1.31. The van der Waals surface area contributed by atoms with Crippen LogP contribution in [0.3, 0.4) is 0 Å². The van der Waals surface area contributed by atoms with Crippen molar-refractivity contribution >= 4 is 6.03 Å². The molecule has 0 aromatic carbocycles. The lowest BCUT2D eigenvalue weighted by Crippen LogP contribution is -2.54. The van der Waals surface area contributed by atoms with Crippen LogP contribution >= 0.6 is 0 Å². The van der Waals surface area contributed by atoms with Gasteiger partial charge in [-0.05, 0) is 0 Å². The lowest BCUT2D eigenvalue weighted by molar-refractivity contribution is 0.0194. The third-order valence-electron chi connectivity index (χ3n) is 2.05. The molecule has 0 unspecified atom stereocenters. The van der Waals surface area contributed by atoms with Crippen molar-refractivity contribution in [2.45, 2.75) is 0 Å². The number of hydrogen-bond acceptors (Lipinski definition) is 3. The van der Waals surface area contributed by atoms with Gasteiger partial charge in [-0.1, -0.05) is 0 Å². The molecular weight excluding hydrogens is 172 g/mol. The Morgan fingerprint density at radius 3 is 2.92 bits per heavy atom. The molecule has 0 aromatic heterocycles. The molecular formula is C8H16N2O3. The molecule has 1 saturated heterocycles. The predicted octanol–water partition coefficient (Wildman–Crippen LogP) is -0.733. The average molecular weight is 188 g/mol. The van der Waals surface area contributed by atoms with Crippen LogP contribution in [0.25, 0.3) is 0 Å². The van der Waals surface area contributed by atoms with Crippen LogP contribution in [-0.4, -0.2) is 56.0 Å². The van der Waals surface area contributed by atoms with Crippen molar-refractivity contribution in [1.29, 1.82) is 0 Å². The Bertz CT molecular complexity index is 169. The van der Waals surface area contributed by atoms with Crippen molar-refractivity contribution in [3.63, 3.8) is 0 Å². The second kappa shape index (κ2) is 5.04. The molecule has 0 radical (unpaired) electrons. The summed E-state index contributed by atoms with van der Waals surface area (Å²) in [6, 6.07) is -0.0293. The van der Waals surface area contributed by atoms with E-state index >= 15 is 0 Å². The maximum Gasteiger partial charge on any atom is 0.317 e. The van der Waals surface area contributed by atoms with Crippen molar-refractivity contribution in [3.05, 3.63) is 0 Å². The SMILES string of the molecule is CNC(=O)N1CC(COCCO)C1. The van der Waals surface area contributed by atoms with Gasteiger partial charge in [0.1, 0.15) is 0 Å². The number of urea groups is 1. The smallest absolute Gasteiger partial charge is 0.317 e. The molecule has 0 saturated carbocycles. The van der Waals surface area contributed by atoms with Crippen molar-refractivity contribution in [1.82, 2.24) is 10.2 Å². The van der Waals surface area contributed by atoms with E-state index in [2.05, 4.69) is 5.32 Å². The number of carbonyl (C=O) groups is 1. The average Bonchev–Trinajstić information content (AvgIpc) is 2.08. The summed E-state index contributed by atoms with van der Waals surface area (Å²) in [5, 5.41) is 11.0. The number of nitrogens with zero attached hydrogens (tertiary/aromatic N) is 1. The minimum atomic E-state index is -0.0293. The first-order valence-corrected chi connectivity index (χ1v) is 4.43.